The summed E-state index contributed by atoms with van der Waals surface area (Å²) in [7, 11) is -0.298. The summed E-state index contributed by atoms with van der Waals surface area (Å²) in [6.07, 6.45) is 0. The van der Waals surface area contributed by atoms with Gasteiger partial charge in [-0.2, -0.15) is 0 Å². The molecule has 4 heteroatoms. The second kappa shape index (κ2) is 6.18. The zero-order valence-corrected chi connectivity index (χ0v) is 16.2. The molecule has 1 aromatic heterocycles. The Balaban J connectivity index is 0.000000815. The van der Waals surface area contributed by atoms with E-state index in [1.807, 2.05) is 25.2 Å². The fourth-order valence-electron chi connectivity index (χ4n) is 2.87. The second-order valence-corrected chi connectivity index (χ2v) is 8.03. The van der Waals surface area contributed by atoms with Gasteiger partial charge in [-0.1, -0.05) is 44.2 Å². The molecule has 1 aliphatic heterocycles. The maximum atomic E-state index is 6.17. The van der Waals surface area contributed by atoms with Crippen molar-refractivity contribution >= 4 is 44.1 Å². The number of hydrogen-bond donors (Lipinski definition) is 0. The van der Waals surface area contributed by atoms with Crippen LogP contribution in [0.3, 0.4) is 0 Å². The summed E-state index contributed by atoms with van der Waals surface area (Å²) in [6, 6.07) is 15.1. The summed E-state index contributed by atoms with van der Waals surface area (Å²) in [5.41, 5.74) is 0.488. The molecule has 2 nitrogen and oxygen atoms in total. The molecule has 0 unspecified atom stereocenters. The summed E-state index contributed by atoms with van der Waals surface area (Å²) < 4.78 is 15.0. The van der Waals surface area contributed by atoms with Crippen LogP contribution in [-0.4, -0.2) is 18.3 Å². The van der Waals surface area contributed by atoms with Gasteiger partial charge in [0.25, 0.3) is 0 Å². The van der Waals surface area contributed by atoms with Crippen molar-refractivity contribution in [1.29, 1.82) is 0 Å². The normalized spacial score (nSPS) is 18.7. The van der Waals surface area contributed by atoms with Gasteiger partial charge in [0.2, 0.25) is 0 Å². The Labute approximate surface area is 148 Å². The standard InChI is InChI=1S/C18H19BO2S.C2H6/c1-17(2)18(3,4)21-19(20-17)12-9-10-16-14(11-12)13-7-5-6-8-15(13)22-16;1-2/h5-11H,1-4H3;1-2H3. The Morgan fingerprint density at radius 2 is 1.38 bits per heavy atom. The smallest absolute Gasteiger partial charge is 0.399 e. The molecular formula is C20H25BO2S. The van der Waals surface area contributed by atoms with E-state index in [1.54, 1.807) is 0 Å². The highest BCUT2D eigenvalue weighted by atomic mass is 32.1. The molecule has 0 bridgehead atoms. The molecule has 0 aliphatic carbocycles. The maximum absolute atomic E-state index is 6.17. The number of thiophene rings is 1. The number of rotatable bonds is 1. The van der Waals surface area contributed by atoms with Crippen LogP contribution in [0, 0.1) is 0 Å². The molecule has 1 saturated heterocycles. The highest BCUT2D eigenvalue weighted by molar-refractivity contribution is 7.25. The molecule has 3 aromatic rings. The molecule has 1 fully saturated rings. The molecule has 0 amide bonds. The van der Waals surface area contributed by atoms with E-state index in [9.17, 15) is 0 Å². The van der Waals surface area contributed by atoms with E-state index < -0.39 is 0 Å². The molecule has 0 spiro atoms. The van der Waals surface area contributed by atoms with Gasteiger partial charge in [-0.05, 0) is 50.7 Å². The summed E-state index contributed by atoms with van der Waals surface area (Å²) in [6.45, 7) is 12.4. The zero-order chi connectivity index (χ0) is 17.5. The Hall–Kier alpha value is -1.36. The predicted molar refractivity (Wildman–Crippen MR) is 106 cm³/mol. The van der Waals surface area contributed by atoms with Gasteiger partial charge in [0.1, 0.15) is 0 Å². The second-order valence-electron chi connectivity index (χ2n) is 6.94. The van der Waals surface area contributed by atoms with Crippen molar-refractivity contribution in [3.63, 3.8) is 0 Å². The van der Waals surface area contributed by atoms with Crippen LogP contribution < -0.4 is 5.46 Å². The summed E-state index contributed by atoms with van der Waals surface area (Å²) in [4.78, 5) is 0. The van der Waals surface area contributed by atoms with Crippen LogP contribution in [0.15, 0.2) is 42.5 Å². The Morgan fingerprint density at radius 3 is 2.04 bits per heavy atom. The van der Waals surface area contributed by atoms with Gasteiger partial charge >= 0.3 is 7.12 Å². The van der Waals surface area contributed by atoms with Crippen LogP contribution in [0.5, 0.6) is 0 Å². The van der Waals surface area contributed by atoms with E-state index in [0.29, 0.717) is 0 Å². The summed E-state index contributed by atoms with van der Waals surface area (Å²) in [5.74, 6) is 0. The van der Waals surface area contributed by atoms with E-state index in [0.717, 1.165) is 5.46 Å². The largest absolute Gasteiger partial charge is 0.494 e. The van der Waals surface area contributed by atoms with Crippen molar-refractivity contribution in [2.24, 2.45) is 0 Å². The van der Waals surface area contributed by atoms with E-state index >= 15 is 0 Å². The third-order valence-electron chi connectivity index (χ3n) is 4.93. The van der Waals surface area contributed by atoms with Gasteiger partial charge in [0.15, 0.2) is 0 Å². The molecule has 126 valence electrons. The fourth-order valence-corrected chi connectivity index (χ4v) is 3.96. The molecule has 24 heavy (non-hydrogen) atoms. The van der Waals surface area contributed by atoms with Crippen molar-refractivity contribution < 1.29 is 9.31 Å². The first kappa shape index (κ1) is 17.5. The molecule has 0 saturated carbocycles. The van der Waals surface area contributed by atoms with E-state index in [1.165, 1.54) is 20.2 Å². The molecule has 0 N–H and O–H groups in total. The minimum Gasteiger partial charge on any atom is -0.399 e. The van der Waals surface area contributed by atoms with Crippen molar-refractivity contribution in [2.75, 3.05) is 0 Å². The van der Waals surface area contributed by atoms with Crippen molar-refractivity contribution in [2.45, 2.75) is 52.7 Å². The summed E-state index contributed by atoms with van der Waals surface area (Å²) >= 11 is 1.83. The van der Waals surface area contributed by atoms with Crippen LogP contribution in [0.4, 0.5) is 0 Å². The van der Waals surface area contributed by atoms with Crippen LogP contribution >= 0.6 is 11.3 Å². The van der Waals surface area contributed by atoms with Gasteiger partial charge in [-0.25, -0.2) is 0 Å². The van der Waals surface area contributed by atoms with Gasteiger partial charge in [0, 0.05) is 14.8 Å². The lowest BCUT2D eigenvalue weighted by Gasteiger charge is -2.32. The minimum absolute atomic E-state index is 0.298. The quantitative estimate of drug-likeness (QED) is 0.554. The highest BCUT2D eigenvalue weighted by Crippen LogP contribution is 2.37. The molecule has 4 rings (SSSR count). The van der Waals surface area contributed by atoms with Crippen LogP contribution in [-0.2, 0) is 9.31 Å². The molecule has 0 atom stereocenters. The lowest BCUT2D eigenvalue weighted by molar-refractivity contribution is 0.00578. The molecule has 1 aliphatic rings. The Morgan fingerprint density at radius 1 is 0.792 bits per heavy atom. The molecular weight excluding hydrogens is 315 g/mol. The zero-order valence-electron chi connectivity index (χ0n) is 15.3. The van der Waals surface area contributed by atoms with Crippen molar-refractivity contribution in [1.82, 2.24) is 0 Å². The molecule has 2 aromatic carbocycles. The molecule has 2 heterocycles. The minimum atomic E-state index is -0.302. The van der Waals surface area contributed by atoms with Crippen LogP contribution in [0.2, 0.25) is 0 Å². The lowest BCUT2D eigenvalue weighted by Crippen LogP contribution is -2.41. The Bertz CT molecular complexity index is 850. The van der Waals surface area contributed by atoms with Gasteiger partial charge < -0.3 is 9.31 Å². The number of hydrogen-bond acceptors (Lipinski definition) is 3. The van der Waals surface area contributed by atoms with E-state index in [4.69, 9.17) is 9.31 Å². The predicted octanol–water partition coefficient (Wildman–Crippen LogP) is 5.38. The third-order valence-corrected chi connectivity index (χ3v) is 6.08. The summed E-state index contributed by atoms with van der Waals surface area (Å²) in [5, 5.41) is 2.59. The average Bonchev–Trinajstić information content (AvgIpc) is 3.03. The average molecular weight is 340 g/mol. The number of fused-ring (bicyclic) bond motifs is 3. The van der Waals surface area contributed by atoms with Gasteiger partial charge in [0.05, 0.1) is 11.2 Å². The third kappa shape index (κ3) is 2.77. The lowest BCUT2D eigenvalue weighted by atomic mass is 9.78. The number of benzene rings is 2. The van der Waals surface area contributed by atoms with Gasteiger partial charge in [-0.15, -0.1) is 11.3 Å². The highest BCUT2D eigenvalue weighted by Gasteiger charge is 2.51. The first-order valence-electron chi connectivity index (χ1n) is 8.64. The van der Waals surface area contributed by atoms with Gasteiger partial charge in [-0.3, -0.25) is 0 Å². The SMILES string of the molecule is CC.CC1(C)OB(c2ccc3sc4ccccc4c3c2)OC1(C)C. The van der Waals surface area contributed by atoms with Crippen molar-refractivity contribution in [3.05, 3.63) is 42.5 Å². The van der Waals surface area contributed by atoms with Crippen LogP contribution in [0.25, 0.3) is 20.2 Å². The fraction of sp³-hybridized carbons (Fsp3) is 0.400. The molecule has 0 radical (unpaired) electrons. The monoisotopic (exact) mass is 340 g/mol. The van der Waals surface area contributed by atoms with E-state index in [2.05, 4.69) is 70.2 Å². The van der Waals surface area contributed by atoms with E-state index in [-0.39, 0.29) is 18.3 Å². The Kier molecular flexibility index (Phi) is 4.50. The van der Waals surface area contributed by atoms with Crippen LogP contribution in [0.1, 0.15) is 41.5 Å². The topological polar surface area (TPSA) is 18.5 Å². The first-order chi connectivity index (χ1) is 11.4. The first-order valence-corrected chi connectivity index (χ1v) is 9.46. The maximum Gasteiger partial charge on any atom is 0.494 e. The van der Waals surface area contributed by atoms with Crippen molar-refractivity contribution in [3.8, 4) is 0 Å².